The number of nitrogens with one attached hydrogen (secondary N) is 1. The summed E-state index contributed by atoms with van der Waals surface area (Å²) < 4.78 is 26.4. The number of carboxylic acids is 1. The fraction of sp³-hybridized carbons (Fsp3) is 0.333. The smallest absolute Gasteiger partial charge is 0.303 e. The number of nitriles is 1. The third-order valence-electron chi connectivity index (χ3n) is 2.52. The van der Waals surface area contributed by atoms with Crippen molar-refractivity contribution in [3.63, 3.8) is 0 Å². The standard InChI is InChI=1S/C12H13ClN2O4S/c1-8(2-5-12(16)17)15-20(18,19)10-4-3-9(7-14)11(13)6-10/h3-4,6,8,15H,2,5H2,1H3,(H,16,17). The van der Waals surface area contributed by atoms with Gasteiger partial charge in [-0.2, -0.15) is 5.26 Å². The molecule has 1 rings (SSSR count). The lowest BCUT2D eigenvalue weighted by Crippen LogP contribution is -2.33. The highest BCUT2D eigenvalue weighted by atomic mass is 35.5. The molecule has 0 saturated heterocycles. The predicted molar refractivity (Wildman–Crippen MR) is 72.8 cm³/mol. The first-order valence-electron chi connectivity index (χ1n) is 5.70. The molecule has 0 aliphatic carbocycles. The van der Waals surface area contributed by atoms with Crippen molar-refractivity contribution in [2.45, 2.75) is 30.7 Å². The van der Waals surface area contributed by atoms with Crippen LogP contribution in [0.1, 0.15) is 25.3 Å². The van der Waals surface area contributed by atoms with Crippen molar-refractivity contribution in [2.24, 2.45) is 0 Å². The van der Waals surface area contributed by atoms with Crippen LogP contribution >= 0.6 is 11.6 Å². The molecule has 1 unspecified atom stereocenters. The van der Waals surface area contributed by atoms with E-state index in [1.165, 1.54) is 18.2 Å². The largest absolute Gasteiger partial charge is 0.481 e. The Morgan fingerprint density at radius 3 is 2.70 bits per heavy atom. The van der Waals surface area contributed by atoms with Gasteiger partial charge in [-0.25, -0.2) is 13.1 Å². The van der Waals surface area contributed by atoms with Crippen molar-refractivity contribution in [3.8, 4) is 6.07 Å². The maximum absolute atomic E-state index is 12.0. The van der Waals surface area contributed by atoms with Crippen LogP contribution in [0.3, 0.4) is 0 Å². The number of aliphatic carboxylic acids is 1. The molecule has 1 aromatic carbocycles. The summed E-state index contributed by atoms with van der Waals surface area (Å²) in [5.41, 5.74) is 0.185. The van der Waals surface area contributed by atoms with E-state index in [2.05, 4.69) is 4.72 Å². The Hall–Kier alpha value is -1.62. The Morgan fingerprint density at radius 1 is 1.55 bits per heavy atom. The fourth-order valence-corrected chi connectivity index (χ4v) is 3.08. The van der Waals surface area contributed by atoms with Gasteiger partial charge in [-0.3, -0.25) is 4.79 Å². The van der Waals surface area contributed by atoms with Crippen LogP contribution in [-0.4, -0.2) is 25.5 Å². The van der Waals surface area contributed by atoms with E-state index < -0.39 is 22.0 Å². The van der Waals surface area contributed by atoms with E-state index in [1.807, 2.05) is 6.07 Å². The number of halogens is 1. The molecule has 108 valence electrons. The molecule has 0 heterocycles. The van der Waals surface area contributed by atoms with E-state index in [0.29, 0.717) is 0 Å². The zero-order valence-corrected chi connectivity index (χ0v) is 12.2. The number of benzene rings is 1. The summed E-state index contributed by atoms with van der Waals surface area (Å²) in [4.78, 5) is 10.4. The van der Waals surface area contributed by atoms with Gasteiger partial charge in [-0.15, -0.1) is 0 Å². The Morgan fingerprint density at radius 2 is 2.20 bits per heavy atom. The molecule has 0 fully saturated rings. The maximum Gasteiger partial charge on any atom is 0.303 e. The number of carbonyl (C=O) groups is 1. The van der Waals surface area contributed by atoms with Crippen molar-refractivity contribution in [2.75, 3.05) is 0 Å². The van der Waals surface area contributed by atoms with Gasteiger partial charge < -0.3 is 5.11 Å². The molecule has 0 saturated carbocycles. The number of carboxylic acid groups (broad SMARTS) is 1. The van der Waals surface area contributed by atoms with E-state index in [1.54, 1.807) is 6.92 Å². The van der Waals surface area contributed by atoms with Gasteiger partial charge in [0.15, 0.2) is 0 Å². The Bertz CT molecular complexity index is 652. The van der Waals surface area contributed by atoms with Crippen LogP contribution in [0.25, 0.3) is 0 Å². The molecule has 1 aromatic rings. The quantitative estimate of drug-likeness (QED) is 0.831. The fourth-order valence-electron chi connectivity index (χ4n) is 1.49. The first-order valence-corrected chi connectivity index (χ1v) is 7.56. The molecule has 0 amide bonds. The molecule has 2 N–H and O–H groups in total. The van der Waals surface area contributed by atoms with Gasteiger partial charge in [-0.1, -0.05) is 11.6 Å². The average Bonchev–Trinajstić information content (AvgIpc) is 2.35. The van der Waals surface area contributed by atoms with Crippen molar-refractivity contribution in [1.82, 2.24) is 4.72 Å². The molecular weight excluding hydrogens is 304 g/mol. The van der Waals surface area contributed by atoms with Crippen LogP contribution in [0, 0.1) is 11.3 Å². The number of hydrogen-bond donors (Lipinski definition) is 2. The topological polar surface area (TPSA) is 107 Å². The maximum atomic E-state index is 12.0. The lowest BCUT2D eigenvalue weighted by molar-refractivity contribution is -0.137. The third kappa shape index (κ3) is 4.49. The van der Waals surface area contributed by atoms with Gasteiger partial charge in [0.1, 0.15) is 6.07 Å². The normalized spacial score (nSPS) is 12.7. The van der Waals surface area contributed by atoms with Crippen molar-refractivity contribution < 1.29 is 18.3 Å². The Labute approximate surface area is 122 Å². The van der Waals surface area contributed by atoms with Crippen molar-refractivity contribution in [3.05, 3.63) is 28.8 Å². The Kier molecular flexibility index (Phi) is 5.51. The van der Waals surface area contributed by atoms with E-state index in [9.17, 15) is 13.2 Å². The number of sulfonamides is 1. The molecule has 0 spiro atoms. The van der Waals surface area contributed by atoms with Crippen LogP contribution in [0.2, 0.25) is 5.02 Å². The Balaban J connectivity index is 2.86. The van der Waals surface area contributed by atoms with Crippen LogP contribution in [0.4, 0.5) is 0 Å². The van der Waals surface area contributed by atoms with Crippen LogP contribution in [0.5, 0.6) is 0 Å². The van der Waals surface area contributed by atoms with Gasteiger partial charge in [0, 0.05) is 12.5 Å². The summed E-state index contributed by atoms with van der Waals surface area (Å²) in [5.74, 6) is -0.988. The molecular formula is C12H13ClN2O4S. The molecule has 0 radical (unpaired) electrons. The van der Waals surface area contributed by atoms with Crippen LogP contribution in [-0.2, 0) is 14.8 Å². The van der Waals surface area contributed by atoms with E-state index in [0.717, 1.165) is 0 Å². The SMILES string of the molecule is CC(CCC(=O)O)NS(=O)(=O)c1ccc(C#N)c(Cl)c1. The highest BCUT2D eigenvalue weighted by molar-refractivity contribution is 7.89. The summed E-state index contributed by atoms with van der Waals surface area (Å²) in [7, 11) is -3.79. The first-order chi connectivity index (χ1) is 9.26. The van der Waals surface area contributed by atoms with Gasteiger partial charge in [0.25, 0.3) is 0 Å². The highest BCUT2D eigenvalue weighted by Crippen LogP contribution is 2.20. The van der Waals surface area contributed by atoms with Crippen molar-refractivity contribution >= 4 is 27.6 Å². The summed E-state index contributed by atoms with van der Waals surface area (Å²) in [5, 5.41) is 17.3. The number of nitrogens with zero attached hydrogens (tertiary/aromatic N) is 1. The monoisotopic (exact) mass is 316 g/mol. The summed E-state index contributed by atoms with van der Waals surface area (Å²) in [6, 6.07) is 5.09. The molecule has 0 bridgehead atoms. The minimum Gasteiger partial charge on any atom is -0.481 e. The van der Waals surface area contributed by atoms with E-state index in [4.69, 9.17) is 22.0 Å². The van der Waals surface area contributed by atoms with Gasteiger partial charge in [0.2, 0.25) is 10.0 Å². The lowest BCUT2D eigenvalue weighted by atomic mass is 10.2. The molecule has 6 nitrogen and oxygen atoms in total. The summed E-state index contributed by atoms with van der Waals surface area (Å²) in [6.07, 6.45) is 0.0520. The van der Waals surface area contributed by atoms with Crippen molar-refractivity contribution in [1.29, 1.82) is 5.26 Å². The second-order valence-corrected chi connectivity index (χ2v) is 6.33. The van der Waals surface area contributed by atoms with Gasteiger partial charge >= 0.3 is 5.97 Å². The van der Waals surface area contributed by atoms with Gasteiger partial charge in [0.05, 0.1) is 15.5 Å². The predicted octanol–water partition coefficient (Wildman–Crippen LogP) is 1.74. The second kappa shape index (κ2) is 6.70. The highest BCUT2D eigenvalue weighted by Gasteiger charge is 2.19. The van der Waals surface area contributed by atoms with E-state index in [-0.39, 0.29) is 28.3 Å². The zero-order chi connectivity index (χ0) is 15.3. The molecule has 8 heteroatoms. The zero-order valence-electron chi connectivity index (χ0n) is 10.6. The first kappa shape index (κ1) is 16.4. The minimum atomic E-state index is -3.79. The lowest BCUT2D eigenvalue weighted by Gasteiger charge is -2.13. The summed E-state index contributed by atoms with van der Waals surface area (Å²) >= 11 is 5.78. The van der Waals surface area contributed by atoms with Crippen LogP contribution in [0.15, 0.2) is 23.1 Å². The molecule has 20 heavy (non-hydrogen) atoms. The second-order valence-electron chi connectivity index (χ2n) is 4.21. The third-order valence-corrected chi connectivity index (χ3v) is 4.42. The number of hydrogen-bond acceptors (Lipinski definition) is 4. The van der Waals surface area contributed by atoms with E-state index >= 15 is 0 Å². The number of rotatable bonds is 6. The molecule has 0 aromatic heterocycles. The molecule has 1 atom stereocenters. The molecule has 0 aliphatic heterocycles. The molecule has 0 aliphatic rings. The van der Waals surface area contributed by atoms with Gasteiger partial charge in [-0.05, 0) is 31.5 Å². The van der Waals surface area contributed by atoms with Crippen LogP contribution < -0.4 is 4.72 Å². The minimum absolute atomic E-state index is 0.0496. The average molecular weight is 317 g/mol. The summed E-state index contributed by atoms with van der Waals surface area (Å²) in [6.45, 7) is 1.58.